The van der Waals surface area contributed by atoms with Crippen molar-refractivity contribution in [2.24, 2.45) is 0 Å². The van der Waals surface area contributed by atoms with Crippen LogP contribution in [0.3, 0.4) is 0 Å². The van der Waals surface area contributed by atoms with Crippen LogP contribution in [0.2, 0.25) is 0 Å². The summed E-state index contributed by atoms with van der Waals surface area (Å²) in [6, 6.07) is -0.716. The van der Waals surface area contributed by atoms with E-state index >= 15 is 0 Å². The molecule has 0 aliphatic carbocycles. The van der Waals surface area contributed by atoms with E-state index in [1.165, 1.54) is 6.92 Å². The van der Waals surface area contributed by atoms with Crippen molar-refractivity contribution in [2.45, 2.75) is 19.1 Å². The maximum atomic E-state index is 11.8. The standard InChI is InChI=1S/C7H9F3N2O/c1-5(4-11-2)12(3)6(13)7(8,9)10/h5H,4H2,1,3H3. The number of likely N-dealkylation sites (N-methyl/N-ethyl adjacent to an activating group) is 1. The minimum atomic E-state index is -4.86. The van der Waals surface area contributed by atoms with Gasteiger partial charge >= 0.3 is 12.1 Å². The molecule has 0 saturated heterocycles. The third kappa shape index (κ3) is 3.32. The fraction of sp³-hybridized carbons (Fsp3) is 0.714. The van der Waals surface area contributed by atoms with E-state index in [1.54, 1.807) is 0 Å². The van der Waals surface area contributed by atoms with Gasteiger partial charge in [-0.2, -0.15) is 13.2 Å². The van der Waals surface area contributed by atoms with Gasteiger partial charge < -0.3 is 9.74 Å². The lowest BCUT2D eigenvalue weighted by Crippen LogP contribution is -2.44. The van der Waals surface area contributed by atoms with E-state index in [0.717, 1.165) is 7.05 Å². The Hall–Kier alpha value is -1.25. The number of hydrogen-bond donors (Lipinski definition) is 0. The van der Waals surface area contributed by atoms with Crippen molar-refractivity contribution in [2.75, 3.05) is 13.6 Å². The number of amides is 1. The highest BCUT2D eigenvalue weighted by Crippen LogP contribution is 2.18. The lowest BCUT2D eigenvalue weighted by atomic mass is 10.3. The molecule has 74 valence electrons. The molecule has 0 saturated carbocycles. The highest BCUT2D eigenvalue weighted by atomic mass is 19.4. The smallest absolute Gasteiger partial charge is 0.328 e. The quantitative estimate of drug-likeness (QED) is 0.608. The third-order valence-electron chi connectivity index (χ3n) is 1.58. The van der Waals surface area contributed by atoms with E-state index in [2.05, 4.69) is 4.85 Å². The van der Waals surface area contributed by atoms with E-state index < -0.39 is 18.1 Å². The van der Waals surface area contributed by atoms with Crippen LogP contribution in [0.25, 0.3) is 4.85 Å². The zero-order valence-corrected chi connectivity index (χ0v) is 7.22. The maximum Gasteiger partial charge on any atom is 0.471 e. The molecule has 0 aliphatic rings. The largest absolute Gasteiger partial charge is 0.471 e. The Labute approximate surface area is 73.9 Å². The number of carbonyl (C=O) groups excluding carboxylic acids is 1. The van der Waals surface area contributed by atoms with Crippen molar-refractivity contribution in [3.05, 3.63) is 11.4 Å². The summed E-state index contributed by atoms with van der Waals surface area (Å²) in [6.07, 6.45) is -4.86. The van der Waals surface area contributed by atoms with Crippen LogP contribution < -0.4 is 0 Å². The molecule has 0 fully saturated rings. The highest BCUT2D eigenvalue weighted by molar-refractivity contribution is 5.81. The normalized spacial score (nSPS) is 13.2. The number of alkyl halides is 3. The minimum Gasteiger partial charge on any atom is -0.328 e. The topological polar surface area (TPSA) is 24.7 Å². The molecule has 1 atom stereocenters. The van der Waals surface area contributed by atoms with Crippen LogP contribution in [-0.2, 0) is 4.79 Å². The molecule has 0 rings (SSSR count). The molecule has 0 spiro atoms. The number of nitrogens with zero attached hydrogens (tertiary/aromatic N) is 2. The predicted octanol–water partition coefficient (Wildman–Crippen LogP) is 1.31. The van der Waals surface area contributed by atoms with Gasteiger partial charge in [0, 0.05) is 7.05 Å². The summed E-state index contributed by atoms with van der Waals surface area (Å²) in [5.74, 6) is -1.91. The molecule has 0 aliphatic heterocycles. The van der Waals surface area contributed by atoms with Gasteiger partial charge in [-0.25, -0.2) is 6.57 Å². The van der Waals surface area contributed by atoms with Crippen molar-refractivity contribution in [3.63, 3.8) is 0 Å². The fourth-order valence-corrected chi connectivity index (χ4v) is 0.655. The Bertz CT molecular complexity index is 231. The molecule has 1 unspecified atom stereocenters. The van der Waals surface area contributed by atoms with E-state index in [9.17, 15) is 18.0 Å². The molecule has 0 radical (unpaired) electrons. The second kappa shape index (κ2) is 4.12. The van der Waals surface area contributed by atoms with Gasteiger partial charge in [0.05, 0.1) is 0 Å². The van der Waals surface area contributed by atoms with E-state index in [0.29, 0.717) is 4.90 Å². The lowest BCUT2D eigenvalue weighted by Gasteiger charge is -2.21. The van der Waals surface area contributed by atoms with Gasteiger partial charge in [0.1, 0.15) is 6.04 Å². The monoisotopic (exact) mass is 194 g/mol. The molecule has 0 bridgehead atoms. The first-order valence-corrected chi connectivity index (χ1v) is 3.48. The Morgan fingerprint density at radius 1 is 1.62 bits per heavy atom. The zero-order chi connectivity index (χ0) is 10.6. The third-order valence-corrected chi connectivity index (χ3v) is 1.58. The van der Waals surface area contributed by atoms with Crippen molar-refractivity contribution >= 4 is 5.91 Å². The molecule has 0 N–H and O–H groups in total. The summed E-state index contributed by atoms with van der Waals surface area (Å²) in [5.41, 5.74) is 0. The SMILES string of the molecule is [C-]#[N+]CC(C)N(C)C(=O)C(F)(F)F. The summed E-state index contributed by atoms with van der Waals surface area (Å²) in [4.78, 5) is 14.0. The molecular formula is C7H9F3N2O. The van der Waals surface area contributed by atoms with Gasteiger partial charge in [0.15, 0.2) is 0 Å². The predicted molar refractivity (Wildman–Crippen MR) is 39.8 cm³/mol. The average molecular weight is 194 g/mol. The summed E-state index contributed by atoms with van der Waals surface area (Å²) >= 11 is 0. The highest BCUT2D eigenvalue weighted by Gasteiger charge is 2.42. The summed E-state index contributed by atoms with van der Waals surface area (Å²) in [6.45, 7) is 7.69. The van der Waals surface area contributed by atoms with E-state index in [4.69, 9.17) is 6.57 Å². The van der Waals surface area contributed by atoms with Gasteiger partial charge in [0.25, 0.3) is 0 Å². The minimum absolute atomic E-state index is 0.127. The number of carbonyl (C=O) groups is 1. The molecular weight excluding hydrogens is 185 g/mol. The van der Waals surface area contributed by atoms with Gasteiger partial charge in [0.2, 0.25) is 6.54 Å². The molecule has 0 aromatic carbocycles. The molecule has 6 heteroatoms. The van der Waals surface area contributed by atoms with Crippen molar-refractivity contribution in [1.82, 2.24) is 4.90 Å². The summed E-state index contributed by atoms with van der Waals surface area (Å²) < 4.78 is 35.5. The number of hydrogen-bond acceptors (Lipinski definition) is 1. The van der Waals surface area contributed by atoms with Gasteiger partial charge in [-0.1, -0.05) is 0 Å². The average Bonchev–Trinajstić information content (AvgIpc) is 2.00. The van der Waals surface area contributed by atoms with Crippen LogP contribution in [0.5, 0.6) is 0 Å². The van der Waals surface area contributed by atoms with E-state index in [-0.39, 0.29) is 6.54 Å². The van der Waals surface area contributed by atoms with Crippen LogP contribution in [-0.4, -0.2) is 36.6 Å². The Morgan fingerprint density at radius 2 is 2.08 bits per heavy atom. The fourth-order valence-electron chi connectivity index (χ4n) is 0.655. The first-order valence-electron chi connectivity index (χ1n) is 3.48. The lowest BCUT2D eigenvalue weighted by molar-refractivity contribution is -0.185. The van der Waals surface area contributed by atoms with Crippen molar-refractivity contribution in [3.8, 4) is 0 Å². The van der Waals surface area contributed by atoms with Crippen molar-refractivity contribution < 1.29 is 18.0 Å². The van der Waals surface area contributed by atoms with Crippen LogP contribution >= 0.6 is 0 Å². The molecule has 3 nitrogen and oxygen atoms in total. The Kier molecular flexibility index (Phi) is 3.72. The molecule has 0 aromatic rings. The van der Waals surface area contributed by atoms with Gasteiger partial charge in [-0.3, -0.25) is 4.79 Å². The Balaban J connectivity index is 4.36. The molecule has 1 amide bonds. The van der Waals surface area contributed by atoms with Gasteiger partial charge in [-0.15, -0.1) is 0 Å². The van der Waals surface area contributed by atoms with Gasteiger partial charge in [-0.05, 0) is 6.92 Å². The van der Waals surface area contributed by atoms with E-state index in [1.807, 2.05) is 0 Å². The van der Waals surface area contributed by atoms with Crippen molar-refractivity contribution in [1.29, 1.82) is 0 Å². The molecule has 13 heavy (non-hydrogen) atoms. The summed E-state index contributed by atoms with van der Waals surface area (Å²) in [5, 5.41) is 0. The molecule has 0 aromatic heterocycles. The van der Waals surface area contributed by atoms with Crippen LogP contribution in [0.4, 0.5) is 13.2 Å². The first kappa shape index (κ1) is 11.8. The zero-order valence-electron chi connectivity index (χ0n) is 7.22. The Morgan fingerprint density at radius 3 is 2.38 bits per heavy atom. The van der Waals surface area contributed by atoms with Crippen LogP contribution in [0, 0.1) is 6.57 Å². The number of halogens is 3. The first-order chi connectivity index (χ1) is 5.80. The summed E-state index contributed by atoms with van der Waals surface area (Å²) in [7, 11) is 1.03. The maximum absolute atomic E-state index is 11.8. The second-order valence-corrected chi connectivity index (χ2v) is 2.60. The number of rotatable bonds is 2. The molecule has 0 heterocycles. The van der Waals surface area contributed by atoms with Crippen LogP contribution in [0.15, 0.2) is 0 Å². The van der Waals surface area contributed by atoms with Crippen LogP contribution in [0.1, 0.15) is 6.92 Å². The second-order valence-electron chi connectivity index (χ2n) is 2.60.